The zero-order chi connectivity index (χ0) is 21.8. The number of nitrogens with zero attached hydrogens (tertiary/aromatic N) is 2. The number of aromatic hydroxyl groups is 1. The maximum absolute atomic E-state index is 12.5. The van der Waals surface area contributed by atoms with Crippen LogP contribution >= 0.6 is 11.8 Å². The number of carbonyl (C=O) groups excluding carboxylic acids is 3. The lowest BCUT2D eigenvalue weighted by molar-refractivity contribution is -0.384. The van der Waals surface area contributed by atoms with Crippen LogP contribution in [0.1, 0.15) is 5.56 Å². The molecule has 1 aliphatic heterocycles. The lowest BCUT2D eigenvalue weighted by Gasteiger charge is -2.13. The van der Waals surface area contributed by atoms with Crippen molar-refractivity contribution in [2.75, 3.05) is 19.0 Å². The number of phenols is 1. The number of imide groups is 1. The number of nitro groups is 1. The minimum absolute atomic E-state index is 0.0775. The zero-order valence-electron chi connectivity index (χ0n) is 15.5. The van der Waals surface area contributed by atoms with Gasteiger partial charge in [0.25, 0.3) is 16.8 Å². The van der Waals surface area contributed by atoms with E-state index < -0.39 is 34.3 Å². The molecule has 1 aliphatic rings. The SMILES string of the molecule is COc1ccc(/C=C2\SC(=O)N(CC(=O)Nc3ccc([N+](=O)[O-])cc3O)C2=O)cc1. The molecule has 0 radical (unpaired) electrons. The van der Waals surface area contributed by atoms with Gasteiger partial charge in [0, 0.05) is 6.07 Å². The monoisotopic (exact) mass is 429 g/mol. The van der Waals surface area contributed by atoms with E-state index in [1.807, 2.05) is 0 Å². The summed E-state index contributed by atoms with van der Waals surface area (Å²) in [5, 5.41) is 22.2. The summed E-state index contributed by atoms with van der Waals surface area (Å²) in [5.74, 6) is -1.23. The van der Waals surface area contributed by atoms with Crippen molar-refractivity contribution in [1.82, 2.24) is 4.90 Å². The van der Waals surface area contributed by atoms with Crippen LogP contribution in [0.25, 0.3) is 6.08 Å². The number of non-ortho nitro benzene ring substituents is 1. The van der Waals surface area contributed by atoms with E-state index in [-0.39, 0.29) is 16.3 Å². The fraction of sp³-hybridized carbons (Fsp3) is 0.105. The molecule has 0 saturated carbocycles. The summed E-state index contributed by atoms with van der Waals surface area (Å²) in [5.41, 5.74) is 0.257. The molecule has 0 unspecified atom stereocenters. The lowest BCUT2D eigenvalue weighted by atomic mass is 10.2. The van der Waals surface area contributed by atoms with E-state index in [4.69, 9.17) is 4.74 Å². The van der Waals surface area contributed by atoms with Crippen molar-refractivity contribution in [2.45, 2.75) is 0 Å². The average molecular weight is 429 g/mol. The summed E-state index contributed by atoms with van der Waals surface area (Å²) in [6.45, 7) is -0.568. The predicted octanol–water partition coefficient (Wildman–Crippen LogP) is 2.98. The van der Waals surface area contributed by atoms with Gasteiger partial charge in [-0.3, -0.25) is 29.4 Å². The normalized spacial score (nSPS) is 14.8. The quantitative estimate of drug-likeness (QED) is 0.309. The number of rotatable bonds is 6. The first-order valence-corrected chi connectivity index (χ1v) is 9.27. The van der Waals surface area contributed by atoms with Crippen molar-refractivity contribution in [3.8, 4) is 11.5 Å². The van der Waals surface area contributed by atoms with Gasteiger partial charge in [0.05, 0.1) is 28.7 Å². The van der Waals surface area contributed by atoms with Crippen LogP contribution in [0.4, 0.5) is 16.2 Å². The predicted molar refractivity (Wildman–Crippen MR) is 109 cm³/mol. The summed E-state index contributed by atoms with van der Waals surface area (Å²) in [7, 11) is 1.53. The van der Waals surface area contributed by atoms with E-state index in [0.29, 0.717) is 23.1 Å². The van der Waals surface area contributed by atoms with Gasteiger partial charge in [-0.25, -0.2) is 0 Å². The standard InChI is InChI=1S/C19H15N3O7S/c1-29-13-5-2-11(3-6-13)8-16-18(25)21(19(26)30-16)10-17(24)20-14-7-4-12(22(27)28)9-15(14)23/h2-9,23H,10H2,1H3,(H,20,24)/b16-8-. The number of methoxy groups -OCH3 is 1. The van der Waals surface area contributed by atoms with Crippen LogP contribution in [0.3, 0.4) is 0 Å². The molecule has 2 N–H and O–H groups in total. The molecule has 1 saturated heterocycles. The maximum Gasteiger partial charge on any atom is 0.294 e. The largest absolute Gasteiger partial charge is 0.506 e. The van der Waals surface area contributed by atoms with Crippen molar-refractivity contribution in [1.29, 1.82) is 0 Å². The van der Waals surface area contributed by atoms with Crippen LogP contribution < -0.4 is 10.1 Å². The zero-order valence-corrected chi connectivity index (χ0v) is 16.3. The van der Waals surface area contributed by atoms with E-state index in [9.17, 15) is 29.6 Å². The minimum atomic E-state index is -0.743. The second-order valence-corrected chi connectivity index (χ2v) is 7.04. The van der Waals surface area contributed by atoms with Gasteiger partial charge < -0.3 is 15.2 Å². The third kappa shape index (κ3) is 4.58. The number of hydrogen-bond donors (Lipinski definition) is 2. The fourth-order valence-electron chi connectivity index (χ4n) is 2.56. The molecule has 0 atom stereocenters. The molecule has 30 heavy (non-hydrogen) atoms. The Balaban J connectivity index is 1.68. The maximum atomic E-state index is 12.5. The highest BCUT2D eigenvalue weighted by atomic mass is 32.2. The van der Waals surface area contributed by atoms with Crippen molar-refractivity contribution in [3.63, 3.8) is 0 Å². The van der Waals surface area contributed by atoms with Gasteiger partial charge in [-0.15, -0.1) is 0 Å². The average Bonchev–Trinajstić information content (AvgIpc) is 2.97. The summed E-state index contributed by atoms with van der Waals surface area (Å²) in [6.07, 6.45) is 1.53. The van der Waals surface area contributed by atoms with Crippen LogP contribution in [-0.4, -0.2) is 45.6 Å². The number of thioether (sulfide) groups is 1. The molecule has 0 aromatic heterocycles. The van der Waals surface area contributed by atoms with Gasteiger partial charge in [-0.1, -0.05) is 12.1 Å². The minimum Gasteiger partial charge on any atom is -0.506 e. The van der Waals surface area contributed by atoms with Crippen LogP contribution in [0, 0.1) is 10.1 Å². The molecular formula is C19H15N3O7S. The van der Waals surface area contributed by atoms with Gasteiger partial charge in [-0.2, -0.15) is 0 Å². The smallest absolute Gasteiger partial charge is 0.294 e. The van der Waals surface area contributed by atoms with Crippen LogP contribution in [0.15, 0.2) is 47.4 Å². The number of nitro benzene ring substituents is 1. The molecule has 10 nitrogen and oxygen atoms in total. The van der Waals surface area contributed by atoms with Crippen molar-refractivity contribution in [2.24, 2.45) is 0 Å². The molecule has 1 fully saturated rings. The Morgan fingerprint density at radius 3 is 2.57 bits per heavy atom. The first-order chi connectivity index (χ1) is 14.3. The lowest BCUT2D eigenvalue weighted by Crippen LogP contribution is -2.36. The highest BCUT2D eigenvalue weighted by Crippen LogP contribution is 2.33. The Morgan fingerprint density at radius 1 is 1.27 bits per heavy atom. The molecule has 0 aliphatic carbocycles. The van der Waals surface area contributed by atoms with Gasteiger partial charge >= 0.3 is 0 Å². The number of amides is 3. The Bertz CT molecular complexity index is 1070. The number of benzene rings is 2. The van der Waals surface area contributed by atoms with E-state index in [0.717, 1.165) is 23.1 Å². The number of phenolic OH excluding ortho intramolecular Hbond substituents is 1. The number of anilines is 1. The molecule has 0 spiro atoms. The number of nitrogens with one attached hydrogen (secondary N) is 1. The highest BCUT2D eigenvalue weighted by Gasteiger charge is 2.36. The molecular weight excluding hydrogens is 414 g/mol. The van der Waals surface area contributed by atoms with E-state index in [1.165, 1.54) is 13.2 Å². The van der Waals surface area contributed by atoms with Gasteiger partial charge in [0.2, 0.25) is 5.91 Å². The van der Waals surface area contributed by atoms with Crippen LogP contribution in [-0.2, 0) is 9.59 Å². The molecule has 11 heteroatoms. The highest BCUT2D eigenvalue weighted by molar-refractivity contribution is 8.18. The molecule has 2 aromatic carbocycles. The van der Waals surface area contributed by atoms with Crippen LogP contribution in [0.2, 0.25) is 0 Å². The van der Waals surface area contributed by atoms with E-state index in [1.54, 1.807) is 24.3 Å². The molecule has 2 aromatic rings. The molecule has 1 heterocycles. The van der Waals surface area contributed by atoms with Gasteiger partial charge in [0.15, 0.2) is 0 Å². The summed E-state index contributed by atoms with van der Waals surface area (Å²) < 4.78 is 5.06. The number of ether oxygens (including phenoxy) is 1. The Hall–Kier alpha value is -3.86. The van der Waals surface area contributed by atoms with Crippen molar-refractivity contribution in [3.05, 3.63) is 63.0 Å². The Kier molecular flexibility index (Phi) is 6.02. The third-order valence-corrected chi connectivity index (χ3v) is 4.96. The summed E-state index contributed by atoms with van der Waals surface area (Å²) >= 11 is 0.706. The van der Waals surface area contributed by atoms with Crippen molar-refractivity contribution < 1.29 is 29.2 Å². The summed E-state index contributed by atoms with van der Waals surface area (Å²) in [4.78, 5) is 47.8. The fourth-order valence-corrected chi connectivity index (χ4v) is 3.40. The molecule has 154 valence electrons. The van der Waals surface area contributed by atoms with E-state index in [2.05, 4.69) is 5.32 Å². The summed E-state index contributed by atoms with van der Waals surface area (Å²) in [6, 6.07) is 10.00. The van der Waals surface area contributed by atoms with Gasteiger partial charge in [0.1, 0.15) is 18.0 Å². The number of carbonyl (C=O) groups is 3. The van der Waals surface area contributed by atoms with Crippen LogP contribution in [0.5, 0.6) is 11.5 Å². The Morgan fingerprint density at radius 2 is 1.97 bits per heavy atom. The molecule has 3 amide bonds. The Labute approximate surface area is 174 Å². The third-order valence-electron chi connectivity index (χ3n) is 4.06. The first kappa shape index (κ1) is 20.9. The topological polar surface area (TPSA) is 139 Å². The first-order valence-electron chi connectivity index (χ1n) is 8.45. The van der Waals surface area contributed by atoms with E-state index >= 15 is 0 Å². The van der Waals surface area contributed by atoms with Gasteiger partial charge in [-0.05, 0) is 41.6 Å². The second kappa shape index (κ2) is 8.66. The molecule has 3 rings (SSSR count). The van der Waals surface area contributed by atoms with Crippen molar-refractivity contribution >= 4 is 46.3 Å². The second-order valence-electron chi connectivity index (χ2n) is 6.05. The number of hydrogen-bond acceptors (Lipinski definition) is 8. The molecule has 0 bridgehead atoms.